The molecule has 7 heteroatoms. The molecule has 2 aliphatic rings. The Morgan fingerprint density at radius 2 is 2.20 bits per heavy atom. The molecule has 1 aromatic rings. The lowest BCUT2D eigenvalue weighted by Crippen LogP contribution is -2.63. The van der Waals surface area contributed by atoms with Gasteiger partial charge in [-0.05, 0) is 19.9 Å². The smallest absolute Gasteiger partial charge is 0.276 e. The van der Waals surface area contributed by atoms with Gasteiger partial charge in [-0.3, -0.25) is 25.5 Å². The maximum Gasteiger partial charge on any atom is 0.276 e. The van der Waals surface area contributed by atoms with E-state index in [0.717, 1.165) is 10.6 Å². The number of carbonyl (C=O) groups excluding carboxylic acids is 1. The number of benzene rings is 1. The van der Waals surface area contributed by atoms with E-state index in [1.165, 1.54) is 0 Å². The minimum Gasteiger partial charge on any atom is -0.288 e. The predicted molar refractivity (Wildman–Crippen MR) is 74.8 cm³/mol. The third kappa shape index (κ3) is 1.93. The van der Waals surface area contributed by atoms with Gasteiger partial charge in [-0.15, -0.1) is 5.10 Å². The van der Waals surface area contributed by atoms with E-state index in [4.69, 9.17) is 0 Å². The summed E-state index contributed by atoms with van der Waals surface area (Å²) in [6.07, 6.45) is 1.33. The van der Waals surface area contributed by atoms with Gasteiger partial charge in [0.25, 0.3) is 5.91 Å². The van der Waals surface area contributed by atoms with Gasteiger partial charge in [0.2, 0.25) is 5.96 Å². The summed E-state index contributed by atoms with van der Waals surface area (Å²) in [4.78, 5) is 16.9. The molecule has 2 aliphatic heterocycles. The summed E-state index contributed by atoms with van der Waals surface area (Å²) in [5.41, 5.74) is 3.56. The highest BCUT2D eigenvalue weighted by molar-refractivity contribution is 6.20. The molecule has 0 aromatic heterocycles. The molecular formula is C13H14N6O. The van der Waals surface area contributed by atoms with Crippen molar-refractivity contribution < 1.29 is 4.79 Å². The molecule has 1 saturated heterocycles. The molecule has 0 saturated carbocycles. The largest absolute Gasteiger partial charge is 0.288 e. The average molecular weight is 270 g/mol. The van der Waals surface area contributed by atoms with Crippen LogP contribution >= 0.6 is 0 Å². The number of hydrogen-bond donors (Lipinski definition) is 2. The predicted octanol–water partition coefficient (Wildman–Crippen LogP) is -0.928. The number of para-hydroxylation sites is 1. The van der Waals surface area contributed by atoms with Crippen LogP contribution in [0.2, 0.25) is 0 Å². The van der Waals surface area contributed by atoms with Gasteiger partial charge < -0.3 is 0 Å². The fourth-order valence-electron chi connectivity index (χ4n) is 2.21. The Labute approximate surface area is 115 Å². The van der Waals surface area contributed by atoms with E-state index in [0.29, 0.717) is 11.7 Å². The normalized spacial score (nSPS) is 23.0. The number of amides is 1. The van der Waals surface area contributed by atoms with Crippen LogP contribution < -0.4 is 21.3 Å². The summed E-state index contributed by atoms with van der Waals surface area (Å²) in [6.45, 7) is 3.66. The van der Waals surface area contributed by atoms with Crippen LogP contribution in [0, 0.1) is 0 Å². The summed E-state index contributed by atoms with van der Waals surface area (Å²) in [5, 5.41) is 13.6. The van der Waals surface area contributed by atoms with Crippen LogP contribution in [-0.4, -0.2) is 29.3 Å². The molecule has 20 heavy (non-hydrogen) atoms. The molecule has 0 unspecified atom stereocenters. The Kier molecular flexibility index (Phi) is 2.94. The maximum absolute atomic E-state index is 12.3. The zero-order valence-corrected chi connectivity index (χ0v) is 11.2. The van der Waals surface area contributed by atoms with Crippen LogP contribution in [0.1, 0.15) is 13.8 Å². The average Bonchev–Trinajstić information content (AvgIpc) is 2.45. The van der Waals surface area contributed by atoms with Gasteiger partial charge in [-0.1, -0.05) is 18.2 Å². The lowest BCUT2D eigenvalue weighted by molar-refractivity contribution is -0.116. The van der Waals surface area contributed by atoms with E-state index in [-0.39, 0.29) is 12.1 Å². The molecule has 0 radical (unpaired) electrons. The zero-order chi connectivity index (χ0) is 14.1. The van der Waals surface area contributed by atoms with Crippen LogP contribution in [0.4, 0.5) is 0 Å². The summed E-state index contributed by atoms with van der Waals surface area (Å²) in [7, 11) is 0. The first-order chi connectivity index (χ1) is 9.70. The molecule has 3 rings (SSSR count). The van der Waals surface area contributed by atoms with Crippen molar-refractivity contribution in [1.82, 2.24) is 15.8 Å². The van der Waals surface area contributed by atoms with Crippen LogP contribution in [-0.2, 0) is 4.79 Å². The van der Waals surface area contributed by atoms with E-state index in [1.807, 2.05) is 31.2 Å². The summed E-state index contributed by atoms with van der Waals surface area (Å²) < 4.78 is 0. The first kappa shape index (κ1) is 12.3. The first-order valence-electron chi connectivity index (χ1n) is 6.31. The molecule has 1 atom stereocenters. The Morgan fingerprint density at radius 3 is 3.00 bits per heavy atom. The van der Waals surface area contributed by atoms with Crippen molar-refractivity contribution in [3.63, 3.8) is 0 Å². The van der Waals surface area contributed by atoms with Gasteiger partial charge in [0.15, 0.2) is 0 Å². The quantitative estimate of drug-likeness (QED) is 0.511. The highest BCUT2D eigenvalue weighted by atomic mass is 16.2. The number of carbonyl (C=O) groups is 1. The molecule has 0 spiro atoms. The van der Waals surface area contributed by atoms with Crippen LogP contribution in [0.3, 0.4) is 0 Å². The number of hydrogen-bond acceptors (Lipinski definition) is 5. The second-order valence-electron chi connectivity index (χ2n) is 4.38. The topological polar surface area (TPSA) is 81.5 Å². The highest BCUT2D eigenvalue weighted by Gasteiger charge is 2.32. The zero-order valence-electron chi connectivity index (χ0n) is 11.2. The van der Waals surface area contributed by atoms with Crippen molar-refractivity contribution in [3.8, 4) is 0 Å². The number of fused-ring (bicyclic) bond motifs is 2. The van der Waals surface area contributed by atoms with Gasteiger partial charge in [-0.2, -0.15) is 5.10 Å². The van der Waals surface area contributed by atoms with Gasteiger partial charge >= 0.3 is 0 Å². The van der Waals surface area contributed by atoms with Crippen LogP contribution in [0.25, 0.3) is 5.70 Å². The molecule has 2 N–H and O–H groups in total. The molecule has 1 aromatic carbocycles. The van der Waals surface area contributed by atoms with Gasteiger partial charge in [0.05, 0.1) is 5.36 Å². The lowest BCUT2D eigenvalue weighted by Gasteiger charge is -2.36. The summed E-state index contributed by atoms with van der Waals surface area (Å²) in [6, 6.07) is 7.56. The van der Waals surface area contributed by atoms with E-state index in [1.54, 1.807) is 18.1 Å². The van der Waals surface area contributed by atoms with E-state index >= 15 is 0 Å². The molecule has 7 nitrogen and oxygen atoms in total. The third-order valence-corrected chi connectivity index (χ3v) is 3.05. The van der Waals surface area contributed by atoms with Crippen molar-refractivity contribution in [2.24, 2.45) is 15.2 Å². The lowest BCUT2D eigenvalue weighted by atomic mass is 10.1. The molecular weight excluding hydrogens is 256 g/mol. The Hall–Kier alpha value is -2.70. The minimum atomic E-state index is -0.219. The fourth-order valence-corrected chi connectivity index (χ4v) is 2.21. The van der Waals surface area contributed by atoms with E-state index < -0.39 is 0 Å². The van der Waals surface area contributed by atoms with Crippen molar-refractivity contribution in [2.45, 2.75) is 20.0 Å². The van der Waals surface area contributed by atoms with Gasteiger partial charge in [0.1, 0.15) is 11.9 Å². The Balaban J connectivity index is 2.14. The molecule has 0 aliphatic carbocycles. The van der Waals surface area contributed by atoms with Gasteiger partial charge in [-0.25, -0.2) is 0 Å². The van der Waals surface area contributed by atoms with E-state index in [2.05, 4.69) is 25.9 Å². The molecule has 2 heterocycles. The van der Waals surface area contributed by atoms with E-state index in [9.17, 15) is 4.79 Å². The number of guanidine groups is 1. The molecule has 1 fully saturated rings. The van der Waals surface area contributed by atoms with Crippen LogP contribution in [0.15, 0.2) is 39.5 Å². The Bertz CT molecular complexity index is 735. The minimum absolute atomic E-state index is 0.207. The number of nitrogens with zero attached hydrogens (tertiary/aromatic N) is 4. The van der Waals surface area contributed by atoms with Crippen LogP contribution in [0.5, 0.6) is 0 Å². The van der Waals surface area contributed by atoms with Crippen molar-refractivity contribution in [2.75, 3.05) is 0 Å². The fraction of sp³-hybridized carbons (Fsp3) is 0.231. The molecule has 1 amide bonds. The second kappa shape index (κ2) is 4.76. The maximum atomic E-state index is 12.3. The SMILES string of the molecule is C/C=N\N=C1NC(=O)C2=c3ccccc3=N[C@H](C)N2N1. The summed E-state index contributed by atoms with van der Waals surface area (Å²) in [5.74, 6) is 0.0706. The van der Waals surface area contributed by atoms with Crippen molar-refractivity contribution in [1.29, 1.82) is 0 Å². The Morgan fingerprint density at radius 1 is 1.40 bits per heavy atom. The number of rotatable bonds is 1. The number of nitrogens with one attached hydrogen (secondary N) is 2. The molecule has 0 bridgehead atoms. The van der Waals surface area contributed by atoms with Gasteiger partial charge in [0, 0.05) is 11.4 Å². The van der Waals surface area contributed by atoms with Crippen molar-refractivity contribution in [3.05, 3.63) is 34.8 Å². The number of hydrazine groups is 1. The van der Waals surface area contributed by atoms with Crippen molar-refractivity contribution >= 4 is 23.8 Å². The third-order valence-electron chi connectivity index (χ3n) is 3.05. The standard InChI is InChI=1S/C13H14N6O/c1-3-14-17-13-16-12(20)11-9-6-4-5-7-10(9)15-8(2)19(11)18-13/h3-8H,1-2H3,(H2,16,17,18,20)/b14-3-/t8-/m0/s1. The summed E-state index contributed by atoms with van der Waals surface area (Å²) >= 11 is 0. The first-order valence-corrected chi connectivity index (χ1v) is 6.31. The second-order valence-corrected chi connectivity index (χ2v) is 4.38. The molecule has 102 valence electrons. The highest BCUT2D eigenvalue weighted by Crippen LogP contribution is 2.12. The monoisotopic (exact) mass is 270 g/mol.